The van der Waals surface area contributed by atoms with Gasteiger partial charge in [0.25, 0.3) is 5.91 Å². The molecule has 0 bridgehead atoms. The third-order valence-electron chi connectivity index (χ3n) is 5.45. The topological polar surface area (TPSA) is 141 Å². The Bertz CT molecular complexity index is 1270. The number of nitrogens with zero attached hydrogens (tertiary/aromatic N) is 1. The summed E-state index contributed by atoms with van der Waals surface area (Å²) in [5.74, 6) is -0.553. The van der Waals surface area contributed by atoms with Crippen molar-refractivity contribution in [1.29, 1.82) is 5.26 Å². The van der Waals surface area contributed by atoms with E-state index < -0.39 is 24.2 Å². The maximum absolute atomic E-state index is 12.9. The van der Waals surface area contributed by atoms with Gasteiger partial charge in [-0.1, -0.05) is 36.4 Å². The molecule has 0 aliphatic carbocycles. The normalized spacial score (nSPS) is 12.6. The van der Waals surface area contributed by atoms with Crippen LogP contribution in [0.2, 0.25) is 0 Å². The third-order valence-corrected chi connectivity index (χ3v) is 5.45. The summed E-state index contributed by atoms with van der Waals surface area (Å²) in [5, 5.41) is 32.0. The molecule has 0 saturated carbocycles. The SMILES string of the molecule is CCO[C@@H](CC/C=C/C(=O)NO)[C@@H](OC(=O)Nc1ccc(C#N)cc1)c1ccc(O)c2ccccc12. The summed E-state index contributed by atoms with van der Waals surface area (Å²) in [5.41, 5.74) is 3.10. The number of rotatable bonds is 10. The van der Waals surface area contributed by atoms with Crippen molar-refractivity contribution in [2.24, 2.45) is 0 Å². The molecule has 0 heterocycles. The van der Waals surface area contributed by atoms with Crippen LogP contribution in [-0.4, -0.2) is 35.0 Å². The van der Waals surface area contributed by atoms with Crippen molar-refractivity contribution in [3.8, 4) is 11.8 Å². The van der Waals surface area contributed by atoms with Crippen LogP contribution in [0.25, 0.3) is 10.8 Å². The fourth-order valence-electron chi connectivity index (χ4n) is 3.81. The molecule has 0 aliphatic rings. The molecule has 3 aromatic carbocycles. The molecular formula is C27H27N3O6. The van der Waals surface area contributed by atoms with E-state index in [0.717, 1.165) is 0 Å². The van der Waals surface area contributed by atoms with Crippen LogP contribution in [0.15, 0.2) is 72.8 Å². The molecule has 0 radical (unpaired) electrons. The lowest BCUT2D eigenvalue weighted by atomic mass is 9.94. The van der Waals surface area contributed by atoms with Gasteiger partial charge in [0.1, 0.15) is 5.75 Å². The van der Waals surface area contributed by atoms with Gasteiger partial charge in [0.2, 0.25) is 0 Å². The Hall–Kier alpha value is -4.39. The quantitative estimate of drug-likeness (QED) is 0.179. The predicted molar refractivity (Wildman–Crippen MR) is 133 cm³/mol. The first kappa shape index (κ1) is 26.2. The lowest BCUT2D eigenvalue weighted by Crippen LogP contribution is -2.29. The number of hydroxylamine groups is 1. The Kier molecular flexibility index (Phi) is 9.40. The largest absolute Gasteiger partial charge is 0.507 e. The fraction of sp³-hybridized carbons (Fsp3) is 0.222. The molecule has 36 heavy (non-hydrogen) atoms. The molecule has 3 aromatic rings. The van der Waals surface area contributed by atoms with Gasteiger partial charge in [-0.05, 0) is 55.5 Å². The molecule has 4 N–H and O–H groups in total. The lowest BCUT2D eigenvalue weighted by Gasteiger charge is -2.28. The van der Waals surface area contributed by atoms with E-state index in [1.807, 2.05) is 25.1 Å². The summed E-state index contributed by atoms with van der Waals surface area (Å²) in [7, 11) is 0. The number of aromatic hydroxyl groups is 1. The van der Waals surface area contributed by atoms with Crippen LogP contribution in [0.5, 0.6) is 5.75 Å². The minimum Gasteiger partial charge on any atom is -0.507 e. The summed E-state index contributed by atoms with van der Waals surface area (Å²) < 4.78 is 11.9. The second-order valence-corrected chi connectivity index (χ2v) is 7.81. The molecule has 0 saturated heterocycles. The zero-order valence-electron chi connectivity index (χ0n) is 19.7. The zero-order valence-corrected chi connectivity index (χ0v) is 19.7. The molecule has 0 unspecified atom stereocenters. The van der Waals surface area contributed by atoms with Crippen molar-refractivity contribution in [3.63, 3.8) is 0 Å². The van der Waals surface area contributed by atoms with Crippen LogP contribution in [0.1, 0.15) is 37.0 Å². The van der Waals surface area contributed by atoms with E-state index in [1.165, 1.54) is 11.6 Å². The van der Waals surface area contributed by atoms with E-state index in [9.17, 15) is 14.7 Å². The third kappa shape index (κ3) is 6.82. The number of carbonyl (C=O) groups excluding carboxylic acids is 2. The number of ether oxygens (including phenoxy) is 2. The van der Waals surface area contributed by atoms with Crippen LogP contribution in [0.3, 0.4) is 0 Å². The number of fused-ring (bicyclic) bond motifs is 1. The van der Waals surface area contributed by atoms with E-state index in [4.69, 9.17) is 19.9 Å². The number of nitriles is 1. The maximum Gasteiger partial charge on any atom is 0.412 e. The van der Waals surface area contributed by atoms with Gasteiger partial charge in [-0.2, -0.15) is 5.26 Å². The van der Waals surface area contributed by atoms with Gasteiger partial charge in [0.05, 0.1) is 17.7 Å². The second-order valence-electron chi connectivity index (χ2n) is 7.81. The number of allylic oxidation sites excluding steroid dienone is 1. The van der Waals surface area contributed by atoms with E-state index in [2.05, 4.69) is 5.32 Å². The minimum absolute atomic E-state index is 0.0982. The number of phenols is 1. The summed E-state index contributed by atoms with van der Waals surface area (Å²) in [6, 6.07) is 18.8. The highest BCUT2D eigenvalue weighted by atomic mass is 16.6. The van der Waals surface area contributed by atoms with Crippen molar-refractivity contribution >= 4 is 28.5 Å². The van der Waals surface area contributed by atoms with Crippen LogP contribution in [0.4, 0.5) is 10.5 Å². The molecule has 3 rings (SSSR count). The van der Waals surface area contributed by atoms with Crippen molar-refractivity contribution in [3.05, 3.63) is 83.9 Å². The highest BCUT2D eigenvalue weighted by Gasteiger charge is 2.29. The Balaban J connectivity index is 1.92. The molecule has 0 aromatic heterocycles. The van der Waals surface area contributed by atoms with Crippen molar-refractivity contribution in [1.82, 2.24) is 5.48 Å². The van der Waals surface area contributed by atoms with Gasteiger partial charge in [-0.3, -0.25) is 15.3 Å². The lowest BCUT2D eigenvalue weighted by molar-refractivity contribution is -0.124. The van der Waals surface area contributed by atoms with Gasteiger partial charge in [0.15, 0.2) is 6.10 Å². The Labute approximate surface area is 208 Å². The number of phenolic OH excluding ortho intramolecular Hbond substituents is 1. The summed E-state index contributed by atoms with van der Waals surface area (Å²) in [6.45, 7) is 2.17. The molecule has 0 spiro atoms. The number of carbonyl (C=O) groups is 2. The maximum atomic E-state index is 12.9. The summed E-state index contributed by atoms with van der Waals surface area (Å²) in [6.07, 6.45) is 1.43. The molecule has 186 valence electrons. The number of amides is 2. The van der Waals surface area contributed by atoms with Crippen molar-refractivity contribution in [2.45, 2.75) is 32.0 Å². The van der Waals surface area contributed by atoms with E-state index in [-0.39, 0.29) is 5.75 Å². The number of hydrogen-bond acceptors (Lipinski definition) is 7. The Morgan fingerprint density at radius 3 is 2.47 bits per heavy atom. The molecule has 0 fully saturated rings. The van der Waals surface area contributed by atoms with Crippen LogP contribution >= 0.6 is 0 Å². The second kappa shape index (κ2) is 12.9. The summed E-state index contributed by atoms with van der Waals surface area (Å²) in [4.78, 5) is 24.2. The summed E-state index contributed by atoms with van der Waals surface area (Å²) >= 11 is 0. The highest BCUT2D eigenvalue weighted by Crippen LogP contribution is 2.36. The van der Waals surface area contributed by atoms with Crippen LogP contribution in [0, 0.1) is 11.3 Å². The molecule has 2 amide bonds. The van der Waals surface area contributed by atoms with Gasteiger partial charge >= 0.3 is 6.09 Å². The molecule has 9 heteroatoms. The van der Waals surface area contributed by atoms with Gasteiger partial charge in [-0.25, -0.2) is 10.3 Å². The minimum atomic E-state index is -0.853. The first-order chi connectivity index (χ1) is 17.5. The molecule has 9 nitrogen and oxygen atoms in total. The predicted octanol–water partition coefficient (Wildman–Crippen LogP) is 4.95. The number of hydrogen-bond donors (Lipinski definition) is 4. The Morgan fingerprint density at radius 2 is 1.81 bits per heavy atom. The molecule has 0 aliphatic heterocycles. The number of anilines is 1. The zero-order chi connectivity index (χ0) is 25.9. The van der Waals surface area contributed by atoms with E-state index in [0.29, 0.717) is 47.0 Å². The highest BCUT2D eigenvalue weighted by molar-refractivity contribution is 5.91. The molecular weight excluding hydrogens is 462 g/mol. The van der Waals surface area contributed by atoms with Crippen molar-refractivity contribution in [2.75, 3.05) is 11.9 Å². The average molecular weight is 490 g/mol. The van der Waals surface area contributed by atoms with Gasteiger partial charge < -0.3 is 14.6 Å². The van der Waals surface area contributed by atoms with E-state index in [1.54, 1.807) is 54.6 Å². The van der Waals surface area contributed by atoms with Crippen LogP contribution < -0.4 is 10.8 Å². The first-order valence-corrected chi connectivity index (χ1v) is 11.4. The fourth-order valence-corrected chi connectivity index (χ4v) is 3.81. The first-order valence-electron chi connectivity index (χ1n) is 11.4. The number of benzene rings is 3. The van der Waals surface area contributed by atoms with Crippen molar-refractivity contribution < 1.29 is 29.4 Å². The average Bonchev–Trinajstić information content (AvgIpc) is 2.90. The van der Waals surface area contributed by atoms with Crippen LogP contribution in [-0.2, 0) is 14.3 Å². The standard InChI is InChI=1S/C27H27N3O6/c1-2-35-24(9-5-6-10-25(32)30-34)26(22-15-16-23(31)21-8-4-3-7-20(21)22)36-27(33)29-19-13-11-18(17-28)12-14-19/h3-4,6-8,10-16,24,26,31,34H,2,5,9H2,1H3,(H,29,33)(H,30,32)/b10-6+/t24-,26-/m0/s1. The smallest absolute Gasteiger partial charge is 0.412 e. The van der Waals surface area contributed by atoms with Gasteiger partial charge in [-0.15, -0.1) is 0 Å². The Morgan fingerprint density at radius 1 is 1.08 bits per heavy atom. The number of nitrogens with one attached hydrogen (secondary N) is 2. The van der Waals surface area contributed by atoms with E-state index >= 15 is 0 Å². The molecule has 2 atom stereocenters. The van der Waals surface area contributed by atoms with Gasteiger partial charge in [0, 0.05) is 29.3 Å². The monoisotopic (exact) mass is 489 g/mol.